The number of carbonyl (C=O) groups is 2. The predicted octanol–water partition coefficient (Wildman–Crippen LogP) is 6.15. The van der Waals surface area contributed by atoms with Gasteiger partial charge in [-0.3, -0.25) is 4.79 Å². The molecule has 1 aliphatic rings. The van der Waals surface area contributed by atoms with Crippen molar-refractivity contribution in [1.82, 2.24) is 0 Å². The topological polar surface area (TPSA) is 71.1 Å². The summed E-state index contributed by atoms with van der Waals surface area (Å²) in [6, 6.07) is 16.3. The number of fused-ring (bicyclic) bond motifs is 1. The first-order valence-corrected chi connectivity index (χ1v) is 11.3. The third-order valence-corrected chi connectivity index (χ3v) is 5.95. The zero-order chi connectivity index (χ0) is 25.3. The van der Waals surface area contributed by atoms with Gasteiger partial charge in [0.25, 0.3) is 0 Å². The molecule has 0 saturated heterocycles. The minimum absolute atomic E-state index is 0.0420. The Labute approximate surface area is 205 Å². The molecule has 3 aromatic carbocycles. The molecule has 0 aliphatic carbocycles. The maximum absolute atomic E-state index is 13.0. The molecule has 6 nitrogen and oxygen atoms in total. The molecule has 0 atom stereocenters. The molecule has 0 amide bonds. The highest BCUT2D eigenvalue weighted by atomic mass is 16.5. The van der Waals surface area contributed by atoms with Gasteiger partial charge in [-0.1, -0.05) is 51.1 Å². The SMILES string of the molecule is COc1cccc(OC)c1C(=O)Oc1ccc2c(c1C)O/C(=C\c1ccc(C(C)(C)C)cc1)C2=O. The number of esters is 1. The van der Waals surface area contributed by atoms with E-state index in [-0.39, 0.29) is 28.3 Å². The first-order chi connectivity index (χ1) is 16.6. The standard InChI is InChI=1S/C29H28O6/c1-17-21(35-28(31)25-22(32-5)8-7-9-23(25)33-6)15-14-20-26(30)24(34-27(17)20)16-18-10-12-19(13-11-18)29(2,3)4/h7-16H,1-6H3/b24-16-. The number of Topliss-reactive ketones (excluding diaryl/α,β-unsaturated/α-hetero) is 1. The number of hydrogen-bond donors (Lipinski definition) is 0. The number of benzene rings is 3. The van der Waals surface area contributed by atoms with Gasteiger partial charge in [-0.05, 0) is 53.8 Å². The summed E-state index contributed by atoms with van der Waals surface area (Å²) < 4.78 is 22.2. The summed E-state index contributed by atoms with van der Waals surface area (Å²) in [4.78, 5) is 26.0. The van der Waals surface area contributed by atoms with Crippen molar-refractivity contribution in [1.29, 1.82) is 0 Å². The Morgan fingerprint density at radius 2 is 1.51 bits per heavy atom. The Morgan fingerprint density at radius 3 is 2.09 bits per heavy atom. The maximum Gasteiger partial charge on any atom is 0.351 e. The van der Waals surface area contributed by atoms with E-state index in [9.17, 15) is 9.59 Å². The fourth-order valence-electron chi connectivity index (χ4n) is 3.91. The Bertz CT molecular complexity index is 1300. The molecule has 1 aliphatic heterocycles. The number of rotatable bonds is 5. The fraction of sp³-hybridized carbons (Fsp3) is 0.241. The normalized spacial score (nSPS) is 13.9. The third-order valence-electron chi connectivity index (χ3n) is 5.95. The van der Waals surface area contributed by atoms with Gasteiger partial charge in [0, 0.05) is 5.56 Å². The number of carbonyl (C=O) groups excluding carboxylic acids is 2. The molecule has 3 aromatic rings. The third kappa shape index (κ3) is 4.64. The zero-order valence-electron chi connectivity index (χ0n) is 20.7. The molecule has 0 saturated carbocycles. The van der Waals surface area contributed by atoms with Crippen LogP contribution in [0.3, 0.4) is 0 Å². The van der Waals surface area contributed by atoms with Crippen LogP contribution in [-0.2, 0) is 5.41 Å². The van der Waals surface area contributed by atoms with E-state index < -0.39 is 5.97 Å². The van der Waals surface area contributed by atoms with Crippen LogP contribution in [0.4, 0.5) is 0 Å². The van der Waals surface area contributed by atoms with Crippen molar-refractivity contribution < 1.29 is 28.5 Å². The zero-order valence-corrected chi connectivity index (χ0v) is 20.7. The molecule has 6 heteroatoms. The molecule has 0 spiro atoms. The molecule has 35 heavy (non-hydrogen) atoms. The average molecular weight is 473 g/mol. The summed E-state index contributed by atoms with van der Waals surface area (Å²) in [6.07, 6.45) is 1.72. The number of methoxy groups -OCH3 is 2. The van der Waals surface area contributed by atoms with Crippen LogP contribution in [0.15, 0.2) is 60.4 Å². The van der Waals surface area contributed by atoms with Gasteiger partial charge < -0.3 is 18.9 Å². The largest absolute Gasteiger partial charge is 0.496 e. The number of ketones is 1. The lowest BCUT2D eigenvalue weighted by molar-refractivity contribution is 0.0726. The van der Waals surface area contributed by atoms with Gasteiger partial charge in [0.15, 0.2) is 5.76 Å². The summed E-state index contributed by atoms with van der Waals surface area (Å²) in [5, 5.41) is 0. The smallest absolute Gasteiger partial charge is 0.351 e. The summed E-state index contributed by atoms with van der Waals surface area (Å²) in [5.41, 5.74) is 3.26. The van der Waals surface area contributed by atoms with Gasteiger partial charge in [-0.15, -0.1) is 0 Å². The predicted molar refractivity (Wildman–Crippen MR) is 134 cm³/mol. The minimum atomic E-state index is -0.638. The number of ether oxygens (including phenoxy) is 4. The van der Waals surface area contributed by atoms with Crippen LogP contribution in [0.25, 0.3) is 6.08 Å². The van der Waals surface area contributed by atoms with Gasteiger partial charge >= 0.3 is 5.97 Å². The fourth-order valence-corrected chi connectivity index (χ4v) is 3.91. The number of hydrogen-bond acceptors (Lipinski definition) is 6. The van der Waals surface area contributed by atoms with Gasteiger partial charge in [0.1, 0.15) is 28.6 Å². The Morgan fingerprint density at radius 1 is 0.886 bits per heavy atom. The van der Waals surface area contributed by atoms with E-state index in [1.54, 1.807) is 43.3 Å². The van der Waals surface area contributed by atoms with Crippen LogP contribution in [-0.4, -0.2) is 26.0 Å². The highest BCUT2D eigenvalue weighted by Gasteiger charge is 2.31. The van der Waals surface area contributed by atoms with E-state index in [1.807, 2.05) is 24.3 Å². The van der Waals surface area contributed by atoms with Crippen molar-refractivity contribution in [2.75, 3.05) is 14.2 Å². The highest BCUT2D eigenvalue weighted by molar-refractivity contribution is 6.15. The van der Waals surface area contributed by atoms with Crippen LogP contribution >= 0.6 is 0 Å². The Hall–Kier alpha value is -4.06. The second kappa shape index (κ2) is 9.29. The summed E-state index contributed by atoms with van der Waals surface area (Å²) in [5.74, 6) is 0.704. The molecule has 4 rings (SSSR count). The highest BCUT2D eigenvalue weighted by Crippen LogP contribution is 2.40. The quantitative estimate of drug-likeness (QED) is 0.252. The molecule has 0 bridgehead atoms. The van der Waals surface area contributed by atoms with Crippen molar-refractivity contribution >= 4 is 17.8 Å². The number of allylic oxidation sites excluding steroid dienone is 1. The molecule has 180 valence electrons. The molecule has 0 radical (unpaired) electrons. The molecule has 0 aromatic heterocycles. The van der Waals surface area contributed by atoms with Crippen molar-refractivity contribution in [2.24, 2.45) is 0 Å². The Kier molecular flexibility index (Phi) is 6.39. The Balaban J connectivity index is 1.61. The summed E-state index contributed by atoms with van der Waals surface area (Å²) in [6.45, 7) is 8.20. The first-order valence-electron chi connectivity index (χ1n) is 11.3. The van der Waals surface area contributed by atoms with Crippen molar-refractivity contribution in [3.8, 4) is 23.0 Å². The second-order valence-electron chi connectivity index (χ2n) is 9.30. The van der Waals surface area contributed by atoms with Crippen LogP contribution in [0.1, 0.15) is 58.2 Å². The van der Waals surface area contributed by atoms with E-state index in [0.717, 1.165) is 5.56 Å². The van der Waals surface area contributed by atoms with E-state index in [0.29, 0.717) is 28.4 Å². The molecule has 0 unspecified atom stereocenters. The molecular formula is C29H28O6. The minimum Gasteiger partial charge on any atom is -0.496 e. The molecule has 0 N–H and O–H groups in total. The first kappa shape index (κ1) is 24.1. The summed E-state index contributed by atoms with van der Waals surface area (Å²) >= 11 is 0. The van der Waals surface area contributed by atoms with E-state index >= 15 is 0 Å². The van der Waals surface area contributed by atoms with E-state index in [1.165, 1.54) is 19.8 Å². The van der Waals surface area contributed by atoms with Crippen LogP contribution in [0, 0.1) is 6.92 Å². The maximum atomic E-state index is 13.0. The lowest BCUT2D eigenvalue weighted by Gasteiger charge is -2.18. The van der Waals surface area contributed by atoms with Gasteiger partial charge in [-0.25, -0.2) is 4.79 Å². The average Bonchev–Trinajstić information content (AvgIpc) is 3.15. The van der Waals surface area contributed by atoms with Crippen LogP contribution in [0.5, 0.6) is 23.0 Å². The van der Waals surface area contributed by atoms with Crippen molar-refractivity contribution in [3.05, 3.63) is 88.2 Å². The summed E-state index contributed by atoms with van der Waals surface area (Å²) in [7, 11) is 2.94. The van der Waals surface area contributed by atoms with Gasteiger partial charge in [-0.2, -0.15) is 0 Å². The van der Waals surface area contributed by atoms with Crippen molar-refractivity contribution in [3.63, 3.8) is 0 Å². The van der Waals surface area contributed by atoms with E-state index in [4.69, 9.17) is 18.9 Å². The monoisotopic (exact) mass is 472 g/mol. The lowest BCUT2D eigenvalue weighted by Crippen LogP contribution is -2.12. The van der Waals surface area contributed by atoms with Gasteiger partial charge in [0.05, 0.1) is 19.8 Å². The molecule has 1 heterocycles. The van der Waals surface area contributed by atoms with Crippen LogP contribution in [0.2, 0.25) is 0 Å². The molecular weight excluding hydrogens is 444 g/mol. The second-order valence-corrected chi connectivity index (χ2v) is 9.30. The van der Waals surface area contributed by atoms with E-state index in [2.05, 4.69) is 20.8 Å². The van der Waals surface area contributed by atoms with Gasteiger partial charge in [0.2, 0.25) is 5.78 Å². The molecule has 0 fully saturated rings. The lowest BCUT2D eigenvalue weighted by atomic mass is 9.86. The van der Waals surface area contributed by atoms with Crippen LogP contribution < -0.4 is 18.9 Å². The van der Waals surface area contributed by atoms with Crippen molar-refractivity contribution in [2.45, 2.75) is 33.1 Å².